The molecule has 0 saturated heterocycles. The van der Waals surface area contributed by atoms with Crippen LogP contribution in [0.5, 0.6) is 17.2 Å². The summed E-state index contributed by atoms with van der Waals surface area (Å²) < 4.78 is 19.0. The molecule has 4 nitrogen and oxygen atoms in total. The lowest BCUT2D eigenvalue weighted by atomic mass is 10.3. The molecule has 0 aliphatic rings. The molecule has 0 aliphatic heterocycles. The first-order valence-corrected chi connectivity index (χ1v) is 11.0. The molecule has 0 fully saturated rings. The largest absolute Gasteiger partial charge is 0.803 e. The maximum Gasteiger partial charge on any atom is 0.803 e. The van der Waals surface area contributed by atoms with E-state index in [0.29, 0.717) is 17.2 Å². The van der Waals surface area contributed by atoms with Crippen molar-refractivity contribution in [2.45, 2.75) is 19.8 Å². The van der Waals surface area contributed by atoms with Gasteiger partial charge in [-0.3, -0.25) is 0 Å². The summed E-state index contributed by atoms with van der Waals surface area (Å²) in [5.74, 6) is 2.13. The molecular formula is C22H25NO3Si. The lowest BCUT2D eigenvalue weighted by Gasteiger charge is -2.30. The Labute approximate surface area is 162 Å². The van der Waals surface area contributed by atoms with E-state index in [4.69, 9.17) is 13.3 Å². The van der Waals surface area contributed by atoms with Crippen molar-refractivity contribution in [2.24, 2.45) is 0 Å². The minimum absolute atomic E-state index is 0.708. The van der Waals surface area contributed by atoms with E-state index in [1.54, 1.807) is 0 Å². The summed E-state index contributed by atoms with van der Waals surface area (Å²) in [6.07, 6.45) is 2.07. The molecule has 5 heteroatoms. The Bertz CT molecular complexity index is 683. The number of rotatable bonds is 10. The topological polar surface area (TPSA) is 39.7 Å². The summed E-state index contributed by atoms with van der Waals surface area (Å²) in [6, 6.07) is 28.9. The molecule has 3 aromatic carbocycles. The average Bonchev–Trinajstić information content (AvgIpc) is 2.70. The quantitative estimate of drug-likeness (QED) is 0.395. The highest BCUT2D eigenvalue weighted by molar-refractivity contribution is 6.60. The van der Waals surface area contributed by atoms with Crippen LogP contribution in [0.1, 0.15) is 19.8 Å². The molecule has 0 saturated carbocycles. The smallest absolute Gasteiger partial charge is 0.471 e. The molecule has 0 heterocycles. The zero-order valence-electron chi connectivity index (χ0n) is 15.5. The molecule has 0 bridgehead atoms. The first-order valence-electron chi connectivity index (χ1n) is 9.27. The summed E-state index contributed by atoms with van der Waals surface area (Å²) in [4.78, 5) is 3.45. The summed E-state index contributed by atoms with van der Waals surface area (Å²) in [5, 5.41) is 0. The number of hydrogen-bond donors (Lipinski definition) is 1. The monoisotopic (exact) mass is 379 g/mol. The molecule has 0 atom stereocenters. The second-order valence-corrected chi connectivity index (χ2v) is 8.16. The van der Waals surface area contributed by atoms with Crippen molar-refractivity contribution in [1.82, 2.24) is 4.98 Å². The van der Waals surface area contributed by atoms with Gasteiger partial charge >= 0.3 is 8.97 Å². The van der Waals surface area contributed by atoms with Gasteiger partial charge < -0.3 is 13.3 Å². The highest BCUT2D eigenvalue weighted by atomic mass is 28.4. The van der Waals surface area contributed by atoms with Gasteiger partial charge in [-0.05, 0) is 49.4 Å². The van der Waals surface area contributed by atoms with Crippen molar-refractivity contribution in [3.05, 3.63) is 91.0 Å². The lowest BCUT2D eigenvalue weighted by Crippen LogP contribution is -2.66. The third kappa shape index (κ3) is 5.87. The van der Waals surface area contributed by atoms with E-state index in [-0.39, 0.29) is 0 Å². The van der Waals surface area contributed by atoms with Gasteiger partial charge in [0, 0.05) is 0 Å². The van der Waals surface area contributed by atoms with Crippen molar-refractivity contribution in [3.63, 3.8) is 0 Å². The average molecular weight is 380 g/mol. The standard InChI is InChI=1S/C22H25NO3Si/c1-2-3-19-23-27(24-20-13-7-4-8-14-20,25-21-15-9-5-10-16-21)26-22-17-11-6-12-18-22/h4-18,23H,2-3,19H2,1H3. The fourth-order valence-electron chi connectivity index (χ4n) is 2.52. The normalized spacial score (nSPS) is 11.0. The van der Waals surface area contributed by atoms with E-state index < -0.39 is 8.97 Å². The lowest BCUT2D eigenvalue weighted by molar-refractivity contribution is 0.242. The maximum absolute atomic E-state index is 6.34. The molecule has 1 N–H and O–H groups in total. The molecule has 0 unspecified atom stereocenters. The molecule has 0 radical (unpaired) electrons. The van der Waals surface area contributed by atoms with Gasteiger partial charge in [-0.25, -0.2) is 4.98 Å². The summed E-state index contributed by atoms with van der Waals surface area (Å²) in [5.41, 5.74) is 0. The van der Waals surface area contributed by atoms with E-state index in [1.807, 2.05) is 91.0 Å². The van der Waals surface area contributed by atoms with Crippen molar-refractivity contribution in [3.8, 4) is 17.2 Å². The fourth-order valence-corrected chi connectivity index (χ4v) is 4.68. The van der Waals surface area contributed by atoms with Crippen LogP contribution in [0.25, 0.3) is 0 Å². The van der Waals surface area contributed by atoms with E-state index in [2.05, 4.69) is 11.9 Å². The van der Waals surface area contributed by atoms with Crippen LogP contribution in [0.3, 0.4) is 0 Å². The Morgan fingerprint density at radius 3 is 1.33 bits per heavy atom. The summed E-state index contributed by atoms with van der Waals surface area (Å²) in [7, 11) is -3.31. The molecular weight excluding hydrogens is 354 g/mol. The molecule has 0 aliphatic carbocycles. The predicted octanol–water partition coefficient (Wildman–Crippen LogP) is 5.05. The first-order chi connectivity index (χ1) is 13.3. The third-order valence-electron chi connectivity index (χ3n) is 3.86. The molecule has 140 valence electrons. The van der Waals surface area contributed by atoms with Crippen LogP contribution in [-0.4, -0.2) is 15.5 Å². The van der Waals surface area contributed by atoms with Crippen LogP contribution in [0.15, 0.2) is 91.0 Å². The minimum atomic E-state index is -3.31. The van der Waals surface area contributed by atoms with Gasteiger partial charge in [-0.1, -0.05) is 67.9 Å². The number of benzene rings is 3. The van der Waals surface area contributed by atoms with Crippen LogP contribution in [0.2, 0.25) is 0 Å². The summed E-state index contributed by atoms with van der Waals surface area (Å²) in [6.45, 7) is 2.90. The van der Waals surface area contributed by atoms with E-state index in [1.165, 1.54) is 0 Å². The van der Waals surface area contributed by atoms with Crippen molar-refractivity contribution < 1.29 is 13.3 Å². The van der Waals surface area contributed by atoms with Crippen molar-refractivity contribution in [2.75, 3.05) is 6.54 Å². The number of para-hydroxylation sites is 3. The highest BCUT2D eigenvalue weighted by Crippen LogP contribution is 2.22. The van der Waals surface area contributed by atoms with Crippen LogP contribution in [-0.2, 0) is 0 Å². The number of hydrogen-bond acceptors (Lipinski definition) is 4. The molecule has 3 aromatic rings. The number of nitrogens with one attached hydrogen (secondary N) is 1. The molecule has 0 amide bonds. The van der Waals surface area contributed by atoms with Crippen LogP contribution < -0.4 is 18.3 Å². The summed E-state index contributed by atoms with van der Waals surface area (Å²) >= 11 is 0. The SMILES string of the molecule is CCCCN[Si](Oc1ccccc1)(Oc1ccccc1)Oc1ccccc1. The minimum Gasteiger partial charge on any atom is -0.471 e. The van der Waals surface area contributed by atoms with Gasteiger partial charge in [0.1, 0.15) is 17.2 Å². The Kier molecular flexibility index (Phi) is 6.90. The van der Waals surface area contributed by atoms with Gasteiger partial charge in [0.2, 0.25) is 0 Å². The van der Waals surface area contributed by atoms with Crippen LogP contribution in [0, 0.1) is 0 Å². The first kappa shape index (κ1) is 19.0. The maximum atomic E-state index is 6.34. The van der Waals surface area contributed by atoms with E-state index in [9.17, 15) is 0 Å². The molecule has 0 spiro atoms. The zero-order chi connectivity index (χ0) is 18.8. The Hall–Kier alpha value is -2.76. The van der Waals surface area contributed by atoms with Gasteiger partial charge in [0.05, 0.1) is 0 Å². The van der Waals surface area contributed by atoms with Crippen molar-refractivity contribution in [1.29, 1.82) is 0 Å². The van der Waals surface area contributed by atoms with E-state index >= 15 is 0 Å². The molecule has 27 heavy (non-hydrogen) atoms. The second-order valence-electron chi connectivity index (χ2n) is 6.08. The Balaban J connectivity index is 1.93. The van der Waals surface area contributed by atoms with Gasteiger partial charge in [-0.2, -0.15) is 0 Å². The Morgan fingerprint density at radius 1 is 0.630 bits per heavy atom. The van der Waals surface area contributed by atoms with Crippen LogP contribution in [0.4, 0.5) is 0 Å². The third-order valence-corrected chi connectivity index (χ3v) is 6.05. The molecule has 3 rings (SSSR count). The van der Waals surface area contributed by atoms with Gasteiger partial charge in [0.25, 0.3) is 0 Å². The Morgan fingerprint density at radius 2 is 1.00 bits per heavy atom. The van der Waals surface area contributed by atoms with Gasteiger partial charge in [-0.15, -0.1) is 0 Å². The fraction of sp³-hybridized carbons (Fsp3) is 0.182. The van der Waals surface area contributed by atoms with Crippen LogP contribution >= 0.6 is 0 Å². The zero-order valence-corrected chi connectivity index (χ0v) is 16.5. The van der Waals surface area contributed by atoms with Gasteiger partial charge in [0.15, 0.2) is 0 Å². The molecule has 0 aromatic heterocycles. The number of unbranched alkanes of at least 4 members (excludes halogenated alkanes) is 1. The van der Waals surface area contributed by atoms with Crippen molar-refractivity contribution >= 4 is 8.97 Å². The second kappa shape index (κ2) is 9.80. The highest BCUT2D eigenvalue weighted by Gasteiger charge is 2.50. The predicted molar refractivity (Wildman–Crippen MR) is 110 cm³/mol. The van der Waals surface area contributed by atoms with E-state index in [0.717, 1.165) is 19.4 Å².